The van der Waals surface area contributed by atoms with Crippen molar-refractivity contribution in [1.82, 2.24) is 9.55 Å². The highest BCUT2D eigenvalue weighted by Crippen LogP contribution is 2.33. The molecule has 3 nitrogen and oxygen atoms in total. The maximum absolute atomic E-state index is 13.4. The molecule has 6 heteroatoms. The van der Waals surface area contributed by atoms with Crippen LogP contribution in [0.3, 0.4) is 0 Å². The predicted octanol–water partition coefficient (Wildman–Crippen LogP) is 2.98. The van der Waals surface area contributed by atoms with Gasteiger partial charge in [0, 0.05) is 18.0 Å². The van der Waals surface area contributed by atoms with Crippen LogP contribution in [-0.2, 0) is 11.5 Å². The third-order valence-corrected chi connectivity index (χ3v) is 4.15. The zero-order chi connectivity index (χ0) is 14.0. The topological polar surface area (TPSA) is 27.1 Å². The fourth-order valence-electron chi connectivity index (χ4n) is 1.70. The summed E-state index contributed by atoms with van der Waals surface area (Å²) in [6.07, 6.45) is 8.34. The van der Waals surface area contributed by atoms with E-state index in [4.69, 9.17) is 4.74 Å². The maximum Gasteiger partial charge on any atom is 0.224 e. The summed E-state index contributed by atoms with van der Waals surface area (Å²) in [5.74, 6) is -0.590. The molecule has 2 aromatic heterocycles. The minimum atomic E-state index is -0.816. The van der Waals surface area contributed by atoms with Crippen LogP contribution in [0.4, 0.5) is 8.78 Å². The fourth-order valence-corrected chi connectivity index (χ4v) is 2.32. The third kappa shape index (κ3) is 3.67. The Bertz CT molecular complexity index is 578. The Kier molecular flexibility index (Phi) is 4.10. The minimum absolute atomic E-state index is 0.294. The van der Waals surface area contributed by atoms with Gasteiger partial charge >= 0.3 is 0 Å². The molecule has 19 heavy (non-hydrogen) atoms. The Morgan fingerprint density at radius 1 is 1.32 bits per heavy atom. The molecule has 0 N–H and O–H groups in total. The van der Waals surface area contributed by atoms with Crippen molar-refractivity contribution >= 4 is 20.9 Å². The lowest BCUT2D eigenvalue weighted by Crippen LogP contribution is -2.09. The van der Waals surface area contributed by atoms with Crippen molar-refractivity contribution < 1.29 is 13.5 Å². The summed E-state index contributed by atoms with van der Waals surface area (Å²) >= 11 is 0. The fraction of sp³-hybridized carbons (Fsp3) is 0.462. The van der Waals surface area contributed by atoms with E-state index in [-0.39, 0.29) is 0 Å². The monoisotopic (exact) mass is 288 g/mol. The van der Waals surface area contributed by atoms with Crippen LogP contribution in [0.5, 0.6) is 0 Å². The Morgan fingerprint density at radius 2 is 2.05 bits per heavy atom. The second kappa shape index (κ2) is 5.46. The van der Waals surface area contributed by atoms with E-state index >= 15 is 0 Å². The quantitative estimate of drug-likeness (QED) is 0.625. The van der Waals surface area contributed by atoms with Gasteiger partial charge in [0.05, 0.1) is 17.5 Å². The molecule has 0 bridgehead atoms. The summed E-state index contributed by atoms with van der Waals surface area (Å²) in [7, 11) is -0.585. The molecule has 0 saturated carbocycles. The van der Waals surface area contributed by atoms with E-state index in [0.717, 1.165) is 5.75 Å². The zero-order valence-corrected chi connectivity index (χ0v) is 12.1. The van der Waals surface area contributed by atoms with Crippen LogP contribution in [0.25, 0.3) is 10.9 Å². The molecule has 2 aromatic rings. The summed E-state index contributed by atoms with van der Waals surface area (Å²) in [5, 5.41) is 0.312. The van der Waals surface area contributed by atoms with Crippen LogP contribution in [0, 0.1) is 11.9 Å². The molecule has 2 heterocycles. The van der Waals surface area contributed by atoms with Gasteiger partial charge in [-0.25, -0.2) is 10.0 Å². The first-order valence-corrected chi connectivity index (χ1v) is 8.94. The van der Waals surface area contributed by atoms with E-state index in [2.05, 4.69) is 23.8 Å². The normalized spacial score (nSPS) is 13.1. The summed E-state index contributed by atoms with van der Waals surface area (Å²) in [6, 6.07) is 2.80. The largest absolute Gasteiger partial charge is 0.360 e. The van der Waals surface area contributed by atoms with E-state index in [9.17, 15) is 8.78 Å². The van der Waals surface area contributed by atoms with E-state index in [0.29, 0.717) is 24.2 Å². The van der Waals surface area contributed by atoms with Crippen LogP contribution in [0.2, 0.25) is 0 Å². The minimum Gasteiger partial charge on any atom is -0.360 e. The molecule has 2 rings (SSSR count). The lowest BCUT2D eigenvalue weighted by molar-refractivity contribution is 0.0927. The number of hydrogen-bond acceptors (Lipinski definition) is 2. The van der Waals surface area contributed by atoms with Gasteiger partial charge in [0.1, 0.15) is 6.73 Å². The molecule has 0 aromatic carbocycles. The first-order valence-electron chi connectivity index (χ1n) is 5.91. The lowest BCUT2D eigenvalue weighted by atomic mass is 10.3. The zero-order valence-electron chi connectivity index (χ0n) is 11.3. The molecule has 0 aliphatic carbocycles. The van der Waals surface area contributed by atoms with Crippen LogP contribution in [-0.4, -0.2) is 40.7 Å². The van der Waals surface area contributed by atoms with Gasteiger partial charge in [0.25, 0.3) is 0 Å². The Balaban J connectivity index is 2.05. The Hall–Kier alpha value is -1.14. The van der Waals surface area contributed by atoms with Crippen LogP contribution < -0.4 is 0 Å². The van der Waals surface area contributed by atoms with E-state index in [1.807, 2.05) is 0 Å². The highest BCUT2D eigenvalue weighted by atomic mass is 32.3. The van der Waals surface area contributed by atoms with Gasteiger partial charge in [0.15, 0.2) is 0 Å². The first-order chi connectivity index (χ1) is 8.87. The predicted molar refractivity (Wildman–Crippen MR) is 75.8 cm³/mol. The number of ether oxygens (including phenoxy) is 1. The molecule has 0 spiro atoms. The van der Waals surface area contributed by atoms with E-state index in [1.54, 1.807) is 16.8 Å². The molecule has 0 saturated heterocycles. The van der Waals surface area contributed by atoms with Crippen molar-refractivity contribution in [3.05, 3.63) is 30.2 Å². The number of hydrogen-bond donors (Lipinski definition) is 0. The second-order valence-corrected chi connectivity index (χ2v) is 9.88. The number of fused-ring (bicyclic) bond motifs is 1. The number of aromatic nitrogens is 2. The lowest BCUT2D eigenvalue weighted by Gasteiger charge is -2.24. The van der Waals surface area contributed by atoms with Gasteiger partial charge in [-0.15, -0.1) is 0 Å². The molecule has 0 radical (unpaired) electrons. The molecule has 0 unspecified atom stereocenters. The molecule has 106 valence electrons. The van der Waals surface area contributed by atoms with Gasteiger partial charge in [-0.05, 0) is 24.8 Å². The molecule has 0 aliphatic heterocycles. The van der Waals surface area contributed by atoms with Crippen molar-refractivity contribution in [1.29, 1.82) is 0 Å². The summed E-state index contributed by atoms with van der Waals surface area (Å²) in [6.45, 7) is 0.941. The molecular formula is C13H18F2N2OS. The molecular weight excluding hydrogens is 270 g/mol. The van der Waals surface area contributed by atoms with Gasteiger partial charge in [-0.1, -0.05) is 0 Å². The first kappa shape index (κ1) is 14.3. The van der Waals surface area contributed by atoms with Crippen molar-refractivity contribution in [3.63, 3.8) is 0 Å². The van der Waals surface area contributed by atoms with Crippen LogP contribution >= 0.6 is 10.0 Å². The van der Waals surface area contributed by atoms with Crippen molar-refractivity contribution in [2.75, 3.05) is 31.1 Å². The molecule has 0 fully saturated rings. The highest BCUT2D eigenvalue weighted by Gasteiger charge is 2.10. The Labute approximate surface area is 112 Å². The highest BCUT2D eigenvalue weighted by molar-refractivity contribution is 8.32. The van der Waals surface area contributed by atoms with Crippen LogP contribution in [0.15, 0.2) is 18.3 Å². The number of halogens is 2. The van der Waals surface area contributed by atoms with Gasteiger partial charge in [-0.3, -0.25) is 0 Å². The maximum atomic E-state index is 13.4. The average molecular weight is 288 g/mol. The van der Waals surface area contributed by atoms with Crippen molar-refractivity contribution in [3.8, 4) is 0 Å². The number of nitrogens with zero attached hydrogens (tertiary/aromatic N) is 2. The number of pyridine rings is 1. The van der Waals surface area contributed by atoms with E-state index < -0.39 is 21.9 Å². The summed E-state index contributed by atoms with van der Waals surface area (Å²) in [4.78, 5) is 3.16. The van der Waals surface area contributed by atoms with Crippen LogP contribution in [0.1, 0.15) is 0 Å². The third-order valence-electron chi connectivity index (χ3n) is 2.76. The molecule has 0 aliphatic rings. The van der Waals surface area contributed by atoms with Crippen molar-refractivity contribution in [2.24, 2.45) is 0 Å². The Morgan fingerprint density at radius 3 is 2.74 bits per heavy atom. The van der Waals surface area contributed by atoms with Gasteiger partial charge in [0.2, 0.25) is 11.9 Å². The van der Waals surface area contributed by atoms with Crippen molar-refractivity contribution in [2.45, 2.75) is 6.73 Å². The smallest absolute Gasteiger partial charge is 0.224 e. The molecule has 0 atom stereocenters. The van der Waals surface area contributed by atoms with Gasteiger partial charge in [-0.2, -0.15) is 13.8 Å². The standard InChI is InChI=1S/C13H18F2N2OS/c1-19(2,3)7-6-18-9-17-5-4-10-11(17)8-12(14)16-13(10)15/h4-5,8H,6-7,9H2,1-3H3. The van der Waals surface area contributed by atoms with Gasteiger partial charge < -0.3 is 9.30 Å². The molecule has 0 amide bonds. The summed E-state index contributed by atoms with van der Waals surface area (Å²) < 4.78 is 33.7. The number of rotatable bonds is 5. The summed E-state index contributed by atoms with van der Waals surface area (Å²) in [5.41, 5.74) is 0.466. The average Bonchev–Trinajstić information content (AvgIpc) is 2.66. The van der Waals surface area contributed by atoms with E-state index in [1.165, 1.54) is 6.07 Å². The second-order valence-electron chi connectivity index (χ2n) is 5.29. The SMILES string of the molecule is CS(C)(C)CCOCn1ccc2c(F)nc(F)cc21.